The second kappa shape index (κ2) is 9.38. The van der Waals surface area contributed by atoms with Crippen molar-refractivity contribution in [3.63, 3.8) is 0 Å². The molecule has 0 aromatic heterocycles. The molecule has 0 atom stereocenters. The molecule has 4 heteroatoms. The van der Waals surface area contributed by atoms with Gasteiger partial charge in [0.2, 0.25) is 0 Å². The van der Waals surface area contributed by atoms with Crippen molar-refractivity contribution >= 4 is 6.29 Å². The minimum atomic E-state index is -0.642. The summed E-state index contributed by atoms with van der Waals surface area (Å²) in [7, 11) is 0. The van der Waals surface area contributed by atoms with Crippen LogP contribution in [0.5, 0.6) is 0 Å². The third kappa shape index (κ3) is 5.03. The molecule has 0 heterocycles. The van der Waals surface area contributed by atoms with Crippen molar-refractivity contribution in [2.45, 2.75) is 20.8 Å². The number of rotatable bonds is 4. The minimum Gasteiger partial charge on any atom is -0.298 e. The summed E-state index contributed by atoms with van der Waals surface area (Å²) in [4.78, 5) is 20.0. The van der Waals surface area contributed by atoms with Gasteiger partial charge in [-0.25, -0.2) is 0 Å². The molecule has 0 spiro atoms. The van der Waals surface area contributed by atoms with Gasteiger partial charge in [0.25, 0.3) is 5.70 Å². The summed E-state index contributed by atoms with van der Waals surface area (Å²) in [5.74, 6) is 0. The van der Waals surface area contributed by atoms with E-state index in [1.54, 1.807) is 13.0 Å². The first-order valence-electron chi connectivity index (χ1n) is 4.26. The lowest BCUT2D eigenvalue weighted by atomic mass is 10.2. The fourth-order valence-corrected chi connectivity index (χ4v) is 0.662. The van der Waals surface area contributed by atoms with Crippen molar-refractivity contribution < 1.29 is 9.72 Å². The number of nitrogens with zero attached hydrogens (tertiary/aromatic N) is 1. The van der Waals surface area contributed by atoms with E-state index in [1.807, 2.05) is 13.8 Å². The van der Waals surface area contributed by atoms with Crippen LogP contribution in [0.3, 0.4) is 0 Å². The van der Waals surface area contributed by atoms with E-state index in [4.69, 9.17) is 0 Å². The summed E-state index contributed by atoms with van der Waals surface area (Å²) in [6, 6.07) is 0. The van der Waals surface area contributed by atoms with Crippen LogP contribution in [0.4, 0.5) is 0 Å². The zero-order valence-electron chi connectivity index (χ0n) is 8.69. The molecule has 0 aliphatic heterocycles. The Kier molecular flexibility index (Phi) is 9.91. The molecule has 0 radical (unpaired) electrons. The molecular weight excluding hydrogens is 182 g/mol. The molecule has 0 amide bonds. The number of carbonyl (C=O) groups is 1. The zero-order chi connectivity index (χ0) is 11.6. The van der Waals surface area contributed by atoms with Crippen LogP contribution in [0.2, 0.25) is 0 Å². The Morgan fingerprint density at radius 3 is 2.14 bits per heavy atom. The van der Waals surface area contributed by atoms with Gasteiger partial charge in [0, 0.05) is 6.08 Å². The Morgan fingerprint density at radius 1 is 1.43 bits per heavy atom. The largest absolute Gasteiger partial charge is 0.298 e. The van der Waals surface area contributed by atoms with Crippen LogP contribution in [-0.4, -0.2) is 11.2 Å². The predicted molar refractivity (Wildman–Crippen MR) is 56.4 cm³/mol. The molecule has 0 saturated carbocycles. The Hall–Kier alpha value is -1.71. The predicted octanol–water partition coefficient (Wildman–Crippen LogP) is 2.50. The molecule has 14 heavy (non-hydrogen) atoms. The van der Waals surface area contributed by atoms with Gasteiger partial charge in [0.05, 0.1) is 10.5 Å². The smallest absolute Gasteiger partial charge is 0.279 e. The fraction of sp³-hybridized carbons (Fsp3) is 0.300. The number of aldehydes is 1. The van der Waals surface area contributed by atoms with Gasteiger partial charge < -0.3 is 0 Å². The molecule has 78 valence electrons. The van der Waals surface area contributed by atoms with Crippen LogP contribution in [-0.2, 0) is 4.79 Å². The van der Waals surface area contributed by atoms with Crippen molar-refractivity contribution in [2.75, 3.05) is 0 Å². The first-order valence-corrected chi connectivity index (χ1v) is 4.26. The lowest BCUT2D eigenvalue weighted by Gasteiger charge is -1.91. The van der Waals surface area contributed by atoms with E-state index in [9.17, 15) is 14.9 Å². The third-order valence-electron chi connectivity index (χ3n) is 1.16. The van der Waals surface area contributed by atoms with Crippen LogP contribution >= 0.6 is 0 Å². The van der Waals surface area contributed by atoms with Crippen LogP contribution < -0.4 is 0 Å². The SMILES string of the molecule is C=C/C(=C(C=O)\C=C/C)[N+](=O)[O-].CC. The summed E-state index contributed by atoms with van der Waals surface area (Å²) in [6.45, 7) is 8.91. The van der Waals surface area contributed by atoms with Crippen LogP contribution in [0.25, 0.3) is 0 Å². The Labute approximate surface area is 83.8 Å². The number of carbonyl (C=O) groups excluding carboxylic acids is 1. The van der Waals surface area contributed by atoms with Gasteiger partial charge in [-0.05, 0) is 13.0 Å². The standard InChI is InChI=1S/C8H9NO3.C2H6/c1-3-5-7(6-10)8(4-2)9(11)12;1-2/h3-6H,2H2,1H3;1-2H3/b5-3-,8-7-;. The van der Waals surface area contributed by atoms with E-state index < -0.39 is 4.92 Å². The van der Waals surface area contributed by atoms with E-state index >= 15 is 0 Å². The molecule has 0 N–H and O–H groups in total. The molecule has 0 fully saturated rings. The lowest BCUT2D eigenvalue weighted by molar-refractivity contribution is -0.419. The summed E-state index contributed by atoms with van der Waals surface area (Å²) in [5.41, 5.74) is -0.249. The monoisotopic (exact) mass is 197 g/mol. The van der Waals surface area contributed by atoms with Gasteiger partial charge in [-0.3, -0.25) is 14.9 Å². The van der Waals surface area contributed by atoms with E-state index in [-0.39, 0.29) is 11.3 Å². The molecular formula is C10H15NO3. The summed E-state index contributed by atoms with van der Waals surface area (Å²) >= 11 is 0. The molecule has 0 unspecified atom stereocenters. The number of nitro groups is 1. The molecule has 0 aromatic rings. The Balaban J connectivity index is 0. The molecule has 0 bridgehead atoms. The van der Waals surface area contributed by atoms with Crippen LogP contribution in [0.15, 0.2) is 36.1 Å². The maximum absolute atomic E-state index is 10.3. The van der Waals surface area contributed by atoms with Gasteiger partial charge in [0.1, 0.15) is 0 Å². The molecule has 0 aliphatic carbocycles. The molecule has 0 aromatic carbocycles. The number of hydrogen-bond acceptors (Lipinski definition) is 3. The third-order valence-corrected chi connectivity index (χ3v) is 1.16. The molecule has 0 rings (SSSR count). The average molecular weight is 197 g/mol. The molecule has 0 saturated heterocycles. The number of hydrogen-bond donors (Lipinski definition) is 0. The lowest BCUT2D eigenvalue weighted by Crippen LogP contribution is -2.00. The first-order chi connectivity index (χ1) is 6.67. The van der Waals surface area contributed by atoms with Gasteiger partial charge in [-0.2, -0.15) is 0 Å². The normalized spacial score (nSPS) is 11.1. The maximum atomic E-state index is 10.3. The number of allylic oxidation sites excluding steroid dienone is 4. The second-order valence-electron chi connectivity index (χ2n) is 1.92. The first kappa shape index (κ1) is 14.8. The van der Waals surface area contributed by atoms with Crippen molar-refractivity contribution in [2.24, 2.45) is 0 Å². The topological polar surface area (TPSA) is 60.2 Å². The van der Waals surface area contributed by atoms with Gasteiger partial charge >= 0.3 is 0 Å². The summed E-state index contributed by atoms with van der Waals surface area (Å²) < 4.78 is 0. The fourth-order valence-electron chi connectivity index (χ4n) is 0.662. The highest BCUT2D eigenvalue weighted by atomic mass is 16.6. The van der Waals surface area contributed by atoms with E-state index in [0.717, 1.165) is 6.08 Å². The Morgan fingerprint density at radius 2 is 1.93 bits per heavy atom. The van der Waals surface area contributed by atoms with Crippen molar-refractivity contribution in [1.29, 1.82) is 0 Å². The van der Waals surface area contributed by atoms with E-state index in [0.29, 0.717) is 6.29 Å². The highest BCUT2D eigenvalue weighted by molar-refractivity contribution is 5.78. The minimum absolute atomic E-state index is 0.0255. The second-order valence-corrected chi connectivity index (χ2v) is 1.92. The van der Waals surface area contributed by atoms with Crippen LogP contribution in [0.1, 0.15) is 20.8 Å². The quantitative estimate of drug-likeness (QED) is 0.229. The van der Waals surface area contributed by atoms with Gasteiger partial charge in [-0.15, -0.1) is 0 Å². The van der Waals surface area contributed by atoms with E-state index in [2.05, 4.69) is 6.58 Å². The molecule has 0 aliphatic rings. The Bertz CT molecular complexity index is 265. The molecule has 4 nitrogen and oxygen atoms in total. The highest BCUT2D eigenvalue weighted by Gasteiger charge is 2.10. The highest BCUT2D eigenvalue weighted by Crippen LogP contribution is 2.05. The summed E-state index contributed by atoms with van der Waals surface area (Å²) in [5, 5.41) is 10.3. The zero-order valence-corrected chi connectivity index (χ0v) is 8.69. The van der Waals surface area contributed by atoms with Gasteiger partial charge in [-0.1, -0.05) is 26.5 Å². The van der Waals surface area contributed by atoms with Crippen LogP contribution in [0, 0.1) is 10.1 Å². The van der Waals surface area contributed by atoms with Crippen molar-refractivity contribution in [3.05, 3.63) is 46.2 Å². The van der Waals surface area contributed by atoms with Crippen molar-refractivity contribution in [1.82, 2.24) is 0 Å². The average Bonchev–Trinajstić information content (AvgIpc) is 2.20. The van der Waals surface area contributed by atoms with E-state index in [1.165, 1.54) is 6.08 Å². The maximum Gasteiger partial charge on any atom is 0.279 e. The van der Waals surface area contributed by atoms with Crippen molar-refractivity contribution in [3.8, 4) is 0 Å². The van der Waals surface area contributed by atoms with Gasteiger partial charge in [0.15, 0.2) is 6.29 Å². The summed E-state index contributed by atoms with van der Waals surface area (Å²) in [6.07, 6.45) is 4.40.